The van der Waals surface area contributed by atoms with Gasteiger partial charge in [-0.3, -0.25) is 19.4 Å². The second-order valence-corrected chi connectivity index (χ2v) is 9.29. The van der Waals surface area contributed by atoms with Crippen molar-refractivity contribution in [1.29, 1.82) is 0 Å². The van der Waals surface area contributed by atoms with Gasteiger partial charge in [0.1, 0.15) is 6.04 Å². The number of pyridine rings is 1. The van der Waals surface area contributed by atoms with Crippen LogP contribution >= 0.6 is 11.3 Å². The minimum absolute atomic E-state index is 0.110. The topological polar surface area (TPSA) is 91.4 Å². The highest BCUT2D eigenvalue weighted by atomic mass is 32.1. The summed E-state index contributed by atoms with van der Waals surface area (Å²) in [6.07, 6.45) is 7.31. The molecule has 0 spiro atoms. The maximum absolute atomic E-state index is 13.5. The number of carbonyl (C=O) groups is 3. The zero-order valence-corrected chi connectivity index (χ0v) is 19.7. The molecule has 0 aliphatic heterocycles. The predicted molar refractivity (Wildman–Crippen MR) is 131 cm³/mol. The molecule has 1 aliphatic rings. The van der Waals surface area contributed by atoms with Crippen LogP contribution in [0.3, 0.4) is 0 Å². The first kappa shape index (κ1) is 23.6. The van der Waals surface area contributed by atoms with Crippen LogP contribution in [0.2, 0.25) is 0 Å². The summed E-state index contributed by atoms with van der Waals surface area (Å²) in [5, 5.41) is 7.65. The molecule has 0 unspecified atom stereocenters. The Hall–Kier alpha value is -3.52. The van der Waals surface area contributed by atoms with Gasteiger partial charge in [0, 0.05) is 30.5 Å². The SMILES string of the molecule is O=C(NCC(=O)N(Cc1ccccc1)[C@@H](C(=O)NC1CCCC1)c1cccnc1)c1cccs1. The summed E-state index contributed by atoms with van der Waals surface area (Å²) >= 11 is 1.31. The molecule has 3 aromatic rings. The first-order valence-electron chi connectivity index (χ1n) is 11.5. The Morgan fingerprint density at radius 3 is 2.50 bits per heavy atom. The van der Waals surface area contributed by atoms with Gasteiger partial charge in [-0.2, -0.15) is 0 Å². The molecular weight excluding hydrogens is 448 g/mol. The van der Waals surface area contributed by atoms with Gasteiger partial charge in [0.25, 0.3) is 5.91 Å². The summed E-state index contributed by atoms with van der Waals surface area (Å²) in [5.41, 5.74) is 1.52. The van der Waals surface area contributed by atoms with E-state index in [1.165, 1.54) is 16.2 Å². The number of thiophene rings is 1. The van der Waals surface area contributed by atoms with Gasteiger partial charge in [-0.1, -0.05) is 55.3 Å². The third kappa shape index (κ3) is 6.08. The predicted octanol–water partition coefficient (Wildman–Crippen LogP) is 3.70. The van der Waals surface area contributed by atoms with Crippen LogP contribution < -0.4 is 10.6 Å². The second-order valence-electron chi connectivity index (χ2n) is 8.35. The Morgan fingerprint density at radius 2 is 1.82 bits per heavy atom. The average Bonchev–Trinajstić information content (AvgIpc) is 3.58. The summed E-state index contributed by atoms with van der Waals surface area (Å²) in [5.74, 6) is -0.880. The van der Waals surface area contributed by atoms with Crippen LogP contribution in [0.1, 0.15) is 52.5 Å². The van der Waals surface area contributed by atoms with Crippen LogP contribution in [-0.4, -0.2) is 40.2 Å². The monoisotopic (exact) mass is 476 g/mol. The molecule has 1 aromatic carbocycles. The van der Waals surface area contributed by atoms with Gasteiger partial charge < -0.3 is 15.5 Å². The summed E-state index contributed by atoms with van der Waals surface area (Å²) in [4.78, 5) is 45.7. The third-order valence-electron chi connectivity index (χ3n) is 5.92. The van der Waals surface area contributed by atoms with E-state index in [1.807, 2.05) is 35.7 Å². The van der Waals surface area contributed by atoms with E-state index in [9.17, 15) is 14.4 Å². The van der Waals surface area contributed by atoms with E-state index in [1.54, 1.807) is 36.7 Å². The maximum atomic E-state index is 13.5. The molecule has 4 rings (SSSR count). The Morgan fingerprint density at radius 1 is 1.03 bits per heavy atom. The van der Waals surface area contributed by atoms with Crippen molar-refractivity contribution < 1.29 is 14.4 Å². The molecule has 0 bridgehead atoms. The molecule has 8 heteroatoms. The Kier molecular flexibility index (Phi) is 8.04. The van der Waals surface area contributed by atoms with Crippen LogP contribution in [0.15, 0.2) is 72.4 Å². The second kappa shape index (κ2) is 11.6. The Bertz CT molecular complexity index is 1080. The largest absolute Gasteiger partial charge is 0.351 e. The maximum Gasteiger partial charge on any atom is 0.261 e. The first-order chi connectivity index (χ1) is 16.6. The summed E-state index contributed by atoms with van der Waals surface area (Å²) < 4.78 is 0. The van der Waals surface area contributed by atoms with Crippen LogP contribution in [-0.2, 0) is 16.1 Å². The average molecular weight is 477 g/mol. The molecule has 2 heterocycles. The number of hydrogen-bond acceptors (Lipinski definition) is 5. The van der Waals surface area contributed by atoms with Crippen molar-refractivity contribution in [2.75, 3.05) is 6.54 Å². The fraction of sp³-hybridized carbons (Fsp3) is 0.308. The number of rotatable bonds is 9. The van der Waals surface area contributed by atoms with E-state index in [0.29, 0.717) is 10.4 Å². The first-order valence-corrected chi connectivity index (χ1v) is 12.3. The lowest BCUT2D eigenvalue weighted by Crippen LogP contribution is -2.48. The van der Waals surface area contributed by atoms with Crippen LogP contribution in [0.25, 0.3) is 0 Å². The fourth-order valence-electron chi connectivity index (χ4n) is 4.22. The summed E-state index contributed by atoms with van der Waals surface area (Å²) in [7, 11) is 0. The van der Waals surface area contributed by atoms with Gasteiger partial charge >= 0.3 is 0 Å². The van der Waals surface area contributed by atoms with Gasteiger partial charge in [-0.15, -0.1) is 11.3 Å². The molecule has 1 aliphatic carbocycles. The zero-order valence-electron chi connectivity index (χ0n) is 18.9. The highest BCUT2D eigenvalue weighted by Crippen LogP contribution is 2.25. The molecule has 1 atom stereocenters. The highest BCUT2D eigenvalue weighted by Gasteiger charge is 2.33. The van der Waals surface area contributed by atoms with E-state index in [0.717, 1.165) is 31.2 Å². The number of amides is 3. The number of benzene rings is 1. The van der Waals surface area contributed by atoms with Crippen LogP contribution in [0.4, 0.5) is 0 Å². The molecule has 0 saturated heterocycles. The normalized spacial score (nSPS) is 14.4. The van der Waals surface area contributed by atoms with E-state index in [2.05, 4.69) is 15.6 Å². The number of nitrogens with zero attached hydrogens (tertiary/aromatic N) is 2. The van der Waals surface area contributed by atoms with Crippen molar-refractivity contribution in [2.45, 2.75) is 44.3 Å². The van der Waals surface area contributed by atoms with Crippen molar-refractivity contribution in [2.24, 2.45) is 0 Å². The summed E-state index contributed by atoms with van der Waals surface area (Å²) in [6, 6.07) is 15.8. The van der Waals surface area contributed by atoms with Crippen LogP contribution in [0.5, 0.6) is 0 Å². The fourth-order valence-corrected chi connectivity index (χ4v) is 4.86. The molecule has 176 valence electrons. The lowest BCUT2D eigenvalue weighted by molar-refractivity contribution is -0.141. The van der Waals surface area contributed by atoms with E-state index < -0.39 is 6.04 Å². The lowest BCUT2D eigenvalue weighted by Gasteiger charge is -2.32. The number of hydrogen-bond donors (Lipinski definition) is 2. The van der Waals surface area contributed by atoms with Gasteiger partial charge in [-0.25, -0.2) is 0 Å². The molecule has 1 fully saturated rings. The molecule has 7 nitrogen and oxygen atoms in total. The number of nitrogens with one attached hydrogen (secondary N) is 2. The Balaban J connectivity index is 1.60. The standard InChI is InChI=1S/C26H28N4O3S/c31-23(17-28-25(32)22-13-7-15-34-22)30(18-19-8-2-1-3-9-19)24(20-10-6-14-27-16-20)26(33)29-21-11-4-5-12-21/h1-3,6-10,13-16,21,24H,4-5,11-12,17-18H2,(H,28,32)(H,29,33)/t24-/m1/s1. The van der Waals surface area contributed by atoms with Crippen molar-refractivity contribution >= 4 is 29.1 Å². The minimum Gasteiger partial charge on any atom is -0.351 e. The lowest BCUT2D eigenvalue weighted by atomic mass is 10.0. The molecule has 3 amide bonds. The van der Waals surface area contributed by atoms with Crippen molar-refractivity contribution in [3.05, 3.63) is 88.4 Å². The molecule has 2 aromatic heterocycles. The van der Waals surface area contributed by atoms with Crippen molar-refractivity contribution in [3.63, 3.8) is 0 Å². The van der Waals surface area contributed by atoms with Gasteiger partial charge in [0.2, 0.25) is 11.8 Å². The molecule has 2 N–H and O–H groups in total. The summed E-state index contributed by atoms with van der Waals surface area (Å²) in [6.45, 7) is 0.0171. The third-order valence-corrected chi connectivity index (χ3v) is 6.79. The smallest absolute Gasteiger partial charge is 0.261 e. The van der Waals surface area contributed by atoms with Gasteiger partial charge in [0.15, 0.2) is 0 Å². The van der Waals surface area contributed by atoms with E-state index in [4.69, 9.17) is 0 Å². The number of carbonyl (C=O) groups excluding carboxylic acids is 3. The minimum atomic E-state index is -0.861. The van der Waals surface area contributed by atoms with Gasteiger partial charge in [0.05, 0.1) is 11.4 Å². The van der Waals surface area contributed by atoms with Crippen molar-refractivity contribution in [1.82, 2.24) is 20.5 Å². The quantitative estimate of drug-likeness (QED) is 0.493. The Labute approximate surface area is 203 Å². The molecular formula is C26H28N4O3S. The van der Waals surface area contributed by atoms with E-state index >= 15 is 0 Å². The zero-order chi connectivity index (χ0) is 23.8. The molecule has 34 heavy (non-hydrogen) atoms. The van der Waals surface area contributed by atoms with Crippen LogP contribution in [0, 0.1) is 0 Å². The highest BCUT2D eigenvalue weighted by molar-refractivity contribution is 7.12. The van der Waals surface area contributed by atoms with Gasteiger partial charge in [-0.05, 0) is 35.9 Å². The van der Waals surface area contributed by atoms with Crippen molar-refractivity contribution in [3.8, 4) is 0 Å². The van der Waals surface area contributed by atoms with E-state index in [-0.39, 0.29) is 36.9 Å². The molecule has 1 saturated carbocycles. The number of aromatic nitrogens is 1. The molecule has 0 radical (unpaired) electrons.